The summed E-state index contributed by atoms with van der Waals surface area (Å²) in [6, 6.07) is 10.7. The number of nitrogens with two attached hydrogens (primary N) is 2. The van der Waals surface area contributed by atoms with Gasteiger partial charge in [-0.3, -0.25) is 4.79 Å². The minimum Gasteiger partial charge on any atom is -0.486 e. The van der Waals surface area contributed by atoms with Gasteiger partial charge in [-0.1, -0.05) is 29.8 Å². The minimum atomic E-state index is -0.460. The summed E-state index contributed by atoms with van der Waals surface area (Å²) in [5.74, 6) is 0.198. The lowest BCUT2D eigenvalue weighted by molar-refractivity contribution is -0.118. The fourth-order valence-electron chi connectivity index (χ4n) is 2.03. The van der Waals surface area contributed by atoms with Crippen LogP contribution in [0.1, 0.15) is 23.6 Å². The highest BCUT2D eigenvalue weighted by molar-refractivity contribution is 9.11. The lowest BCUT2D eigenvalue weighted by Gasteiger charge is -2.15. The van der Waals surface area contributed by atoms with E-state index >= 15 is 0 Å². The molecule has 1 atom stereocenters. The molecule has 0 aliphatic heterocycles. The molecule has 0 aliphatic rings. The third-order valence-electron chi connectivity index (χ3n) is 3.20. The van der Waals surface area contributed by atoms with Gasteiger partial charge in [0.2, 0.25) is 5.91 Å². The van der Waals surface area contributed by atoms with Crippen LogP contribution < -0.4 is 16.2 Å². The number of carbonyl (C=O) groups is 1. The summed E-state index contributed by atoms with van der Waals surface area (Å²) in [5, 5.41) is 0.653. The molecule has 0 heterocycles. The Balaban J connectivity index is 2.17. The molecule has 0 aliphatic carbocycles. The van der Waals surface area contributed by atoms with E-state index in [1.54, 1.807) is 0 Å². The van der Waals surface area contributed by atoms with Gasteiger partial charge in [0.1, 0.15) is 12.4 Å². The van der Waals surface area contributed by atoms with Gasteiger partial charge in [0.25, 0.3) is 0 Å². The second-order valence-corrected chi connectivity index (χ2v) is 7.09. The van der Waals surface area contributed by atoms with Crippen LogP contribution in [0.5, 0.6) is 5.75 Å². The van der Waals surface area contributed by atoms with Crippen LogP contribution in [0.3, 0.4) is 0 Å². The van der Waals surface area contributed by atoms with Crippen molar-refractivity contribution in [1.82, 2.24) is 0 Å². The maximum atomic E-state index is 11.0. The first-order valence-electron chi connectivity index (χ1n) is 6.77. The first-order chi connectivity index (χ1) is 10.9. The van der Waals surface area contributed by atoms with E-state index < -0.39 is 11.9 Å². The number of primary amides is 1. The molecule has 4 N–H and O–H groups in total. The molecular weight excluding hydrogens is 447 g/mol. The van der Waals surface area contributed by atoms with E-state index in [4.69, 9.17) is 27.8 Å². The summed E-state index contributed by atoms with van der Waals surface area (Å²) in [6.07, 6.45) is 0.0821. The lowest BCUT2D eigenvalue weighted by Crippen LogP contribution is -2.20. The third kappa shape index (κ3) is 4.94. The van der Waals surface area contributed by atoms with Crippen LogP contribution in [0.4, 0.5) is 0 Å². The zero-order chi connectivity index (χ0) is 17.0. The van der Waals surface area contributed by atoms with E-state index in [0.717, 1.165) is 20.1 Å². The number of amides is 1. The second kappa shape index (κ2) is 8.15. The molecule has 0 radical (unpaired) electrons. The van der Waals surface area contributed by atoms with Crippen LogP contribution in [-0.2, 0) is 11.4 Å². The van der Waals surface area contributed by atoms with Crippen LogP contribution in [0, 0.1) is 0 Å². The van der Waals surface area contributed by atoms with E-state index in [1.807, 2.05) is 36.4 Å². The maximum Gasteiger partial charge on any atom is 0.219 e. The van der Waals surface area contributed by atoms with E-state index in [2.05, 4.69) is 31.9 Å². The van der Waals surface area contributed by atoms with Crippen molar-refractivity contribution in [3.63, 3.8) is 0 Å². The predicted molar refractivity (Wildman–Crippen MR) is 98.4 cm³/mol. The Labute approximate surface area is 156 Å². The lowest BCUT2D eigenvalue weighted by atomic mass is 10.0. The summed E-state index contributed by atoms with van der Waals surface area (Å²) in [7, 11) is 0. The number of hydrogen-bond acceptors (Lipinski definition) is 3. The molecule has 0 saturated carbocycles. The normalized spacial score (nSPS) is 12.0. The molecule has 0 bridgehead atoms. The van der Waals surface area contributed by atoms with Crippen LogP contribution >= 0.6 is 43.5 Å². The van der Waals surface area contributed by atoms with Crippen molar-refractivity contribution in [1.29, 1.82) is 0 Å². The smallest absolute Gasteiger partial charge is 0.219 e. The summed E-state index contributed by atoms with van der Waals surface area (Å²) in [5.41, 5.74) is 12.8. The molecule has 0 saturated heterocycles. The van der Waals surface area contributed by atoms with Gasteiger partial charge in [0.05, 0.1) is 8.95 Å². The van der Waals surface area contributed by atoms with Gasteiger partial charge in [0, 0.05) is 23.0 Å². The number of halogens is 3. The van der Waals surface area contributed by atoms with Crippen molar-refractivity contribution in [3.8, 4) is 5.75 Å². The molecule has 7 heteroatoms. The van der Waals surface area contributed by atoms with E-state index in [-0.39, 0.29) is 6.42 Å². The van der Waals surface area contributed by atoms with E-state index in [1.165, 1.54) is 0 Å². The molecule has 0 aromatic heterocycles. The first-order valence-corrected chi connectivity index (χ1v) is 8.74. The zero-order valence-corrected chi connectivity index (χ0v) is 16.0. The monoisotopic (exact) mass is 460 g/mol. The fraction of sp³-hybridized carbons (Fsp3) is 0.188. The van der Waals surface area contributed by atoms with Crippen LogP contribution in [0.25, 0.3) is 0 Å². The van der Waals surface area contributed by atoms with Crippen LogP contribution in [0.2, 0.25) is 5.02 Å². The molecule has 0 fully saturated rings. The summed E-state index contributed by atoms with van der Waals surface area (Å²) in [6.45, 7) is 0.337. The summed E-state index contributed by atoms with van der Waals surface area (Å²) >= 11 is 13.1. The molecule has 2 rings (SSSR count). The van der Waals surface area contributed by atoms with E-state index in [0.29, 0.717) is 17.4 Å². The molecule has 4 nitrogen and oxygen atoms in total. The highest BCUT2D eigenvalue weighted by Gasteiger charge is 2.15. The average Bonchev–Trinajstić information content (AvgIpc) is 2.47. The summed E-state index contributed by atoms with van der Waals surface area (Å²) in [4.78, 5) is 11.0. The largest absolute Gasteiger partial charge is 0.486 e. The second-order valence-electron chi connectivity index (χ2n) is 4.97. The molecule has 122 valence electrons. The standard InChI is InChI=1S/C16H15Br2ClN2O2/c17-11-5-10(14(20)7-15(21)22)6-12(18)16(11)23-8-9-3-1-2-4-13(9)19/h1-6,14H,7-8,20H2,(H2,21,22). The number of benzene rings is 2. The van der Waals surface area contributed by atoms with Crippen molar-refractivity contribution >= 4 is 49.4 Å². The minimum absolute atomic E-state index is 0.0821. The Bertz CT molecular complexity index is 702. The number of ether oxygens (including phenoxy) is 1. The summed E-state index contributed by atoms with van der Waals surface area (Å²) < 4.78 is 7.30. The van der Waals surface area contributed by atoms with Crippen molar-refractivity contribution in [2.75, 3.05) is 0 Å². The van der Waals surface area contributed by atoms with Crippen molar-refractivity contribution in [3.05, 3.63) is 61.5 Å². The topological polar surface area (TPSA) is 78.3 Å². The highest BCUT2D eigenvalue weighted by Crippen LogP contribution is 2.37. The predicted octanol–water partition coefficient (Wildman–Crippen LogP) is 4.32. The Morgan fingerprint density at radius 2 is 1.83 bits per heavy atom. The van der Waals surface area contributed by atoms with Crippen molar-refractivity contribution in [2.24, 2.45) is 11.5 Å². The quantitative estimate of drug-likeness (QED) is 0.671. The van der Waals surface area contributed by atoms with E-state index in [9.17, 15) is 4.79 Å². The van der Waals surface area contributed by atoms with Gasteiger partial charge in [0.15, 0.2) is 0 Å². The molecule has 1 unspecified atom stereocenters. The third-order valence-corrected chi connectivity index (χ3v) is 4.75. The molecule has 23 heavy (non-hydrogen) atoms. The van der Waals surface area contributed by atoms with Gasteiger partial charge in [-0.25, -0.2) is 0 Å². The average molecular weight is 463 g/mol. The Morgan fingerprint density at radius 3 is 2.39 bits per heavy atom. The fourth-order valence-corrected chi connectivity index (χ4v) is 3.67. The maximum absolute atomic E-state index is 11.0. The van der Waals surface area contributed by atoms with Gasteiger partial charge in [-0.05, 0) is 55.6 Å². The van der Waals surface area contributed by atoms with Crippen LogP contribution in [0.15, 0.2) is 45.3 Å². The highest BCUT2D eigenvalue weighted by atomic mass is 79.9. The van der Waals surface area contributed by atoms with Gasteiger partial charge < -0.3 is 16.2 Å². The van der Waals surface area contributed by atoms with Gasteiger partial charge >= 0.3 is 0 Å². The molecular formula is C16H15Br2ClN2O2. The first kappa shape index (κ1) is 18.3. The van der Waals surface area contributed by atoms with Crippen LogP contribution in [-0.4, -0.2) is 5.91 Å². The molecule has 2 aromatic rings. The number of carbonyl (C=O) groups excluding carboxylic acids is 1. The van der Waals surface area contributed by atoms with Crippen molar-refractivity contribution in [2.45, 2.75) is 19.1 Å². The zero-order valence-electron chi connectivity index (χ0n) is 12.1. The Hall–Kier alpha value is -1.08. The Morgan fingerprint density at radius 1 is 1.22 bits per heavy atom. The number of hydrogen-bond donors (Lipinski definition) is 2. The van der Waals surface area contributed by atoms with Gasteiger partial charge in [-0.15, -0.1) is 0 Å². The molecule has 2 aromatic carbocycles. The van der Waals surface area contributed by atoms with Crippen molar-refractivity contribution < 1.29 is 9.53 Å². The molecule has 1 amide bonds. The molecule has 0 spiro atoms. The number of rotatable bonds is 6. The SMILES string of the molecule is NC(=O)CC(N)c1cc(Br)c(OCc2ccccc2Cl)c(Br)c1. The van der Waals surface area contributed by atoms with Gasteiger partial charge in [-0.2, -0.15) is 0 Å². The Kier molecular flexibility index (Phi) is 6.47.